The fourth-order valence-corrected chi connectivity index (χ4v) is 2.38. The summed E-state index contributed by atoms with van der Waals surface area (Å²) in [6.07, 6.45) is 0. The number of rotatable bonds is 3. The van der Waals surface area contributed by atoms with E-state index in [0.717, 1.165) is 0 Å². The van der Waals surface area contributed by atoms with Crippen molar-refractivity contribution in [3.05, 3.63) is 57.0 Å². The summed E-state index contributed by atoms with van der Waals surface area (Å²) in [6, 6.07) is 10.2. The van der Waals surface area contributed by atoms with E-state index in [4.69, 9.17) is 46.7 Å². The normalized spacial score (nSPS) is 9.71. The molecular weight excluding hydrogens is 383 g/mol. The van der Waals surface area contributed by atoms with Gasteiger partial charge in [0, 0.05) is 57.1 Å². The van der Waals surface area contributed by atoms with Crippen LogP contribution in [0.25, 0.3) is 0 Å². The predicted octanol–water partition coefficient (Wildman–Crippen LogP) is 5.05. The summed E-state index contributed by atoms with van der Waals surface area (Å²) in [5, 5.41) is 2.85. The molecule has 0 aliphatic carbocycles. The SMILES string of the molecule is O=C(Nc1ccccc1)c1cc(Cl)c(Cl)c(Cl)c1OCl.[K]. The molecule has 3 nitrogen and oxygen atoms in total. The van der Waals surface area contributed by atoms with Gasteiger partial charge in [-0.25, -0.2) is 0 Å². The summed E-state index contributed by atoms with van der Waals surface area (Å²) in [7, 11) is 0. The molecule has 0 atom stereocenters. The van der Waals surface area contributed by atoms with E-state index in [2.05, 4.69) is 9.61 Å². The van der Waals surface area contributed by atoms with Crippen molar-refractivity contribution in [3.63, 3.8) is 0 Å². The van der Waals surface area contributed by atoms with Crippen LogP contribution in [-0.2, 0) is 0 Å². The van der Waals surface area contributed by atoms with Crippen molar-refractivity contribution in [3.8, 4) is 5.75 Å². The Morgan fingerprint density at radius 3 is 2.24 bits per heavy atom. The van der Waals surface area contributed by atoms with Crippen LogP contribution in [0.1, 0.15) is 10.4 Å². The fraction of sp³-hybridized carbons (Fsp3) is 0. The average molecular weight is 390 g/mol. The number of para-hydroxylation sites is 1. The predicted molar refractivity (Wildman–Crippen MR) is 88.1 cm³/mol. The third kappa shape index (κ3) is 4.74. The zero-order valence-corrected chi connectivity index (χ0v) is 16.9. The van der Waals surface area contributed by atoms with Gasteiger partial charge in [0.25, 0.3) is 5.91 Å². The fourth-order valence-electron chi connectivity index (χ4n) is 1.54. The average Bonchev–Trinajstić information content (AvgIpc) is 2.45. The number of carbonyl (C=O) groups is 1. The Morgan fingerprint density at radius 2 is 1.67 bits per heavy atom. The van der Waals surface area contributed by atoms with Gasteiger partial charge in [0.15, 0.2) is 5.75 Å². The molecule has 0 aliphatic rings. The molecular formula is C13H7Cl4KNO2. The van der Waals surface area contributed by atoms with Gasteiger partial charge in [-0.05, 0) is 18.2 Å². The van der Waals surface area contributed by atoms with E-state index in [9.17, 15) is 4.79 Å². The van der Waals surface area contributed by atoms with E-state index in [-0.39, 0.29) is 77.8 Å². The summed E-state index contributed by atoms with van der Waals surface area (Å²) >= 11 is 23.1. The molecule has 1 radical (unpaired) electrons. The maximum atomic E-state index is 12.2. The zero-order chi connectivity index (χ0) is 14.7. The minimum absolute atomic E-state index is 0. The molecule has 2 aromatic carbocycles. The molecule has 105 valence electrons. The molecule has 0 aliphatic heterocycles. The maximum Gasteiger partial charge on any atom is 0.259 e. The second-order valence-corrected chi connectivity index (χ2v) is 5.08. The molecule has 2 aromatic rings. The smallest absolute Gasteiger partial charge is 0.259 e. The number of hydrogen-bond donors (Lipinski definition) is 1. The number of amides is 1. The Hall–Kier alpha value is 0.506. The molecule has 21 heavy (non-hydrogen) atoms. The molecule has 0 spiro atoms. The Bertz CT molecular complexity index is 652. The number of halogens is 4. The van der Waals surface area contributed by atoms with Crippen LogP contribution >= 0.6 is 46.7 Å². The van der Waals surface area contributed by atoms with Crippen molar-refractivity contribution in [1.82, 2.24) is 0 Å². The van der Waals surface area contributed by atoms with Gasteiger partial charge in [0.2, 0.25) is 0 Å². The van der Waals surface area contributed by atoms with Gasteiger partial charge in [-0.3, -0.25) is 4.79 Å². The monoisotopic (exact) mass is 388 g/mol. The van der Waals surface area contributed by atoms with Crippen molar-refractivity contribution in [2.45, 2.75) is 0 Å². The summed E-state index contributed by atoms with van der Waals surface area (Å²) in [5.74, 6) is -0.511. The number of carbonyl (C=O) groups excluding carboxylic acids is 1. The van der Waals surface area contributed by atoms with Crippen LogP contribution in [0.5, 0.6) is 5.75 Å². The van der Waals surface area contributed by atoms with Gasteiger partial charge in [0.1, 0.15) is 16.9 Å². The van der Waals surface area contributed by atoms with Gasteiger partial charge in [-0.15, -0.1) is 0 Å². The molecule has 0 saturated heterocycles. The second kappa shape index (κ2) is 8.96. The van der Waals surface area contributed by atoms with Crippen molar-refractivity contribution < 1.29 is 9.08 Å². The van der Waals surface area contributed by atoms with E-state index >= 15 is 0 Å². The number of anilines is 1. The first-order chi connectivity index (χ1) is 9.54. The topological polar surface area (TPSA) is 38.3 Å². The number of benzene rings is 2. The molecule has 0 fully saturated rings. The number of nitrogens with one attached hydrogen (secondary N) is 1. The molecule has 1 amide bonds. The minimum Gasteiger partial charge on any atom is -0.383 e. The van der Waals surface area contributed by atoms with E-state index in [1.54, 1.807) is 24.3 Å². The Morgan fingerprint density at radius 1 is 1.05 bits per heavy atom. The van der Waals surface area contributed by atoms with Crippen LogP contribution in [0.15, 0.2) is 36.4 Å². The van der Waals surface area contributed by atoms with E-state index in [1.807, 2.05) is 6.07 Å². The molecule has 0 unspecified atom stereocenters. The van der Waals surface area contributed by atoms with Crippen molar-refractivity contribution in [1.29, 1.82) is 0 Å². The molecule has 0 bridgehead atoms. The quantitative estimate of drug-likeness (QED) is 0.589. The summed E-state index contributed by atoms with van der Waals surface area (Å²) < 4.78 is 4.61. The standard InChI is InChI=1S/C13H7Cl4NO2.K/c14-9-6-8(12(20-17)11(16)10(9)15)13(19)18-7-4-2-1-3-5-7;/h1-6H,(H,18,19);. The summed E-state index contributed by atoms with van der Waals surface area (Å²) in [6.45, 7) is 0. The largest absolute Gasteiger partial charge is 0.383 e. The van der Waals surface area contributed by atoms with E-state index in [0.29, 0.717) is 5.69 Å². The van der Waals surface area contributed by atoms with Crippen LogP contribution in [0.2, 0.25) is 15.1 Å². The Labute approximate surface area is 184 Å². The first kappa shape index (κ1) is 19.6. The van der Waals surface area contributed by atoms with Gasteiger partial charge in [-0.2, -0.15) is 0 Å². The molecule has 8 heteroatoms. The number of hydrogen-bond acceptors (Lipinski definition) is 2. The first-order valence-electron chi connectivity index (χ1n) is 5.37. The van der Waals surface area contributed by atoms with E-state index in [1.165, 1.54) is 6.07 Å². The van der Waals surface area contributed by atoms with Gasteiger partial charge in [0.05, 0.1) is 15.6 Å². The first-order valence-corrected chi connectivity index (χ1v) is 6.81. The summed E-state index contributed by atoms with van der Waals surface area (Å²) in [4.78, 5) is 12.2. The molecule has 0 heterocycles. The Balaban J connectivity index is 0.00000220. The third-order valence-electron chi connectivity index (χ3n) is 2.47. The van der Waals surface area contributed by atoms with Crippen molar-refractivity contribution >= 4 is 110 Å². The third-order valence-corrected chi connectivity index (χ3v) is 3.87. The summed E-state index contributed by atoms with van der Waals surface area (Å²) in [5.41, 5.74) is 0.698. The van der Waals surface area contributed by atoms with Crippen LogP contribution in [0.4, 0.5) is 5.69 Å². The van der Waals surface area contributed by atoms with Crippen LogP contribution in [0.3, 0.4) is 0 Å². The molecule has 2 rings (SSSR count). The zero-order valence-electron chi connectivity index (χ0n) is 10.8. The van der Waals surface area contributed by atoms with Gasteiger partial charge < -0.3 is 9.61 Å². The van der Waals surface area contributed by atoms with Crippen molar-refractivity contribution in [2.24, 2.45) is 0 Å². The van der Waals surface area contributed by atoms with E-state index < -0.39 is 5.91 Å². The van der Waals surface area contributed by atoms with Gasteiger partial charge >= 0.3 is 0 Å². The van der Waals surface area contributed by atoms with Crippen molar-refractivity contribution in [2.75, 3.05) is 5.32 Å². The molecule has 0 aromatic heterocycles. The van der Waals surface area contributed by atoms with Crippen LogP contribution in [0, 0.1) is 0 Å². The molecule has 0 saturated carbocycles. The Kier molecular flexibility index (Phi) is 8.34. The maximum absolute atomic E-state index is 12.2. The molecule has 1 N–H and O–H groups in total. The van der Waals surface area contributed by atoms with Gasteiger partial charge in [-0.1, -0.05) is 53.0 Å². The van der Waals surface area contributed by atoms with Crippen LogP contribution < -0.4 is 9.61 Å². The minimum atomic E-state index is -0.465. The van der Waals surface area contributed by atoms with Crippen LogP contribution in [-0.4, -0.2) is 57.3 Å². The second-order valence-electron chi connectivity index (χ2n) is 3.76.